The first-order valence-corrected chi connectivity index (χ1v) is 6.56. The summed E-state index contributed by atoms with van der Waals surface area (Å²) >= 11 is 0. The second kappa shape index (κ2) is 7.00. The Labute approximate surface area is 126 Å². The van der Waals surface area contributed by atoms with E-state index in [4.69, 9.17) is 4.74 Å². The van der Waals surface area contributed by atoms with Crippen molar-refractivity contribution in [1.29, 1.82) is 0 Å². The number of amides is 1. The molecular formula is C16H15F2NO3. The van der Waals surface area contributed by atoms with Crippen LogP contribution in [0.25, 0.3) is 0 Å². The standard InChI is InChI=1S/C16H15F2NO3/c1-22-14-7-12(18)6-13(8-14)19-16(21)9-15(20)10-3-2-4-11(17)5-10/h2-8,15,20H,9H2,1H3,(H,19,21). The summed E-state index contributed by atoms with van der Waals surface area (Å²) in [4.78, 5) is 11.9. The zero-order chi connectivity index (χ0) is 16.1. The number of nitrogens with one attached hydrogen (secondary N) is 1. The molecule has 0 aliphatic rings. The van der Waals surface area contributed by atoms with Crippen LogP contribution in [0.15, 0.2) is 42.5 Å². The highest BCUT2D eigenvalue weighted by molar-refractivity contribution is 5.91. The van der Waals surface area contributed by atoms with Gasteiger partial charge in [-0.3, -0.25) is 4.79 Å². The van der Waals surface area contributed by atoms with Gasteiger partial charge in [0, 0.05) is 17.8 Å². The summed E-state index contributed by atoms with van der Waals surface area (Å²) < 4.78 is 31.3. The molecule has 0 fully saturated rings. The van der Waals surface area contributed by atoms with Gasteiger partial charge in [0.15, 0.2) is 0 Å². The van der Waals surface area contributed by atoms with E-state index in [-0.39, 0.29) is 17.9 Å². The minimum Gasteiger partial charge on any atom is -0.497 e. The lowest BCUT2D eigenvalue weighted by molar-refractivity contribution is -0.118. The van der Waals surface area contributed by atoms with Crippen LogP contribution in [0.4, 0.5) is 14.5 Å². The van der Waals surface area contributed by atoms with E-state index in [1.54, 1.807) is 0 Å². The van der Waals surface area contributed by atoms with Crippen LogP contribution in [-0.4, -0.2) is 18.1 Å². The third-order valence-electron chi connectivity index (χ3n) is 3.00. The molecule has 0 saturated carbocycles. The monoisotopic (exact) mass is 307 g/mol. The van der Waals surface area contributed by atoms with Crippen LogP contribution in [0.1, 0.15) is 18.1 Å². The smallest absolute Gasteiger partial charge is 0.227 e. The predicted octanol–water partition coefficient (Wildman–Crippen LogP) is 3.04. The van der Waals surface area contributed by atoms with E-state index in [1.807, 2.05) is 0 Å². The molecule has 1 atom stereocenters. The molecule has 0 spiro atoms. The van der Waals surface area contributed by atoms with Crippen LogP contribution in [0.3, 0.4) is 0 Å². The molecular weight excluding hydrogens is 292 g/mol. The number of rotatable bonds is 5. The SMILES string of the molecule is COc1cc(F)cc(NC(=O)CC(O)c2cccc(F)c2)c1. The van der Waals surface area contributed by atoms with Gasteiger partial charge in [-0.1, -0.05) is 12.1 Å². The van der Waals surface area contributed by atoms with Gasteiger partial charge in [0.25, 0.3) is 0 Å². The molecule has 0 aromatic heterocycles. The number of halogens is 2. The molecule has 1 unspecified atom stereocenters. The van der Waals surface area contributed by atoms with E-state index in [0.717, 1.165) is 12.1 Å². The number of methoxy groups -OCH3 is 1. The summed E-state index contributed by atoms with van der Waals surface area (Å²) in [7, 11) is 1.38. The maximum atomic E-state index is 13.3. The topological polar surface area (TPSA) is 58.6 Å². The molecule has 0 saturated heterocycles. The highest BCUT2D eigenvalue weighted by Gasteiger charge is 2.14. The lowest BCUT2D eigenvalue weighted by Gasteiger charge is -2.12. The first-order valence-electron chi connectivity index (χ1n) is 6.56. The molecule has 4 nitrogen and oxygen atoms in total. The van der Waals surface area contributed by atoms with Gasteiger partial charge in [0.2, 0.25) is 5.91 Å². The maximum Gasteiger partial charge on any atom is 0.227 e. The molecule has 1 amide bonds. The Morgan fingerprint density at radius 3 is 2.68 bits per heavy atom. The van der Waals surface area contributed by atoms with Crippen molar-refractivity contribution in [2.75, 3.05) is 12.4 Å². The molecule has 0 bridgehead atoms. The van der Waals surface area contributed by atoms with Crippen LogP contribution < -0.4 is 10.1 Å². The lowest BCUT2D eigenvalue weighted by atomic mass is 10.1. The fourth-order valence-electron chi connectivity index (χ4n) is 1.97. The summed E-state index contributed by atoms with van der Waals surface area (Å²) in [5.74, 6) is -1.31. The minimum absolute atomic E-state index is 0.216. The summed E-state index contributed by atoms with van der Waals surface area (Å²) in [5, 5.41) is 12.4. The minimum atomic E-state index is -1.15. The number of carbonyl (C=O) groups is 1. The van der Waals surface area contributed by atoms with Gasteiger partial charge in [0.05, 0.1) is 19.6 Å². The zero-order valence-electron chi connectivity index (χ0n) is 11.8. The van der Waals surface area contributed by atoms with Gasteiger partial charge in [0.1, 0.15) is 17.4 Å². The highest BCUT2D eigenvalue weighted by Crippen LogP contribution is 2.22. The lowest BCUT2D eigenvalue weighted by Crippen LogP contribution is -2.15. The fourth-order valence-corrected chi connectivity index (χ4v) is 1.97. The molecule has 0 radical (unpaired) electrons. The molecule has 2 N–H and O–H groups in total. The Hall–Kier alpha value is -2.47. The second-order valence-corrected chi connectivity index (χ2v) is 4.70. The Balaban J connectivity index is 2.02. The molecule has 2 rings (SSSR count). The number of carbonyl (C=O) groups excluding carboxylic acids is 1. The highest BCUT2D eigenvalue weighted by atomic mass is 19.1. The summed E-state index contributed by atoms with van der Waals surface area (Å²) in [6.45, 7) is 0. The molecule has 0 aliphatic carbocycles. The Kier molecular flexibility index (Phi) is 5.06. The molecule has 6 heteroatoms. The van der Waals surface area contributed by atoms with Gasteiger partial charge >= 0.3 is 0 Å². The van der Waals surface area contributed by atoms with Gasteiger partial charge < -0.3 is 15.2 Å². The van der Waals surface area contributed by atoms with Crippen LogP contribution >= 0.6 is 0 Å². The third kappa shape index (κ3) is 4.26. The van der Waals surface area contributed by atoms with E-state index in [1.165, 1.54) is 37.4 Å². The summed E-state index contributed by atoms with van der Waals surface area (Å²) in [6.07, 6.45) is -1.42. The number of hydrogen-bond donors (Lipinski definition) is 2. The quantitative estimate of drug-likeness (QED) is 0.892. The number of aliphatic hydroxyl groups excluding tert-OH is 1. The number of aliphatic hydroxyl groups is 1. The Morgan fingerprint density at radius 1 is 1.23 bits per heavy atom. The molecule has 0 heterocycles. The van der Waals surface area contributed by atoms with Crippen LogP contribution in [0, 0.1) is 11.6 Å². The van der Waals surface area contributed by atoms with Crippen molar-refractivity contribution in [2.45, 2.75) is 12.5 Å². The van der Waals surface area contributed by atoms with Gasteiger partial charge in [-0.2, -0.15) is 0 Å². The summed E-state index contributed by atoms with van der Waals surface area (Å²) in [6, 6.07) is 9.13. The van der Waals surface area contributed by atoms with Crippen molar-refractivity contribution in [3.8, 4) is 5.75 Å². The molecule has 0 aliphatic heterocycles. The van der Waals surface area contributed by atoms with E-state index in [0.29, 0.717) is 5.56 Å². The Morgan fingerprint density at radius 2 is 2.00 bits per heavy atom. The van der Waals surface area contributed by atoms with Crippen molar-refractivity contribution in [3.63, 3.8) is 0 Å². The first kappa shape index (κ1) is 15.9. The van der Waals surface area contributed by atoms with Crippen molar-refractivity contribution >= 4 is 11.6 Å². The van der Waals surface area contributed by atoms with E-state index in [2.05, 4.69) is 5.32 Å². The van der Waals surface area contributed by atoms with Gasteiger partial charge in [-0.05, 0) is 23.8 Å². The molecule has 116 valence electrons. The number of ether oxygens (including phenoxy) is 1. The number of anilines is 1. The summed E-state index contributed by atoms with van der Waals surface area (Å²) in [5.41, 5.74) is 0.514. The molecule has 2 aromatic carbocycles. The number of hydrogen-bond acceptors (Lipinski definition) is 3. The van der Waals surface area contributed by atoms with Crippen molar-refractivity contribution in [3.05, 3.63) is 59.7 Å². The molecule has 22 heavy (non-hydrogen) atoms. The van der Waals surface area contributed by atoms with Crippen LogP contribution in [-0.2, 0) is 4.79 Å². The van der Waals surface area contributed by atoms with Gasteiger partial charge in [-0.15, -0.1) is 0 Å². The van der Waals surface area contributed by atoms with Crippen molar-refractivity contribution < 1.29 is 23.4 Å². The predicted molar refractivity (Wildman–Crippen MR) is 77.6 cm³/mol. The largest absolute Gasteiger partial charge is 0.497 e. The average molecular weight is 307 g/mol. The number of benzene rings is 2. The van der Waals surface area contributed by atoms with E-state index in [9.17, 15) is 18.7 Å². The van der Waals surface area contributed by atoms with Crippen molar-refractivity contribution in [1.82, 2.24) is 0 Å². The van der Waals surface area contributed by atoms with E-state index < -0.39 is 23.6 Å². The zero-order valence-corrected chi connectivity index (χ0v) is 11.8. The van der Waals surface area contributed by atoms with Crippen LogP contribution in [0.2, 0.25) is 0 Å². The van der Waals surface area contributed by atoms with Crippen LogP contribution in [0.5, 0.6) is 5.75 Å². The third-order valence-corrected chi connectivity index (χ3v) is 3.00. The second-order valence-electron chi connectivity index (χ2n) is 4.70. The normalized spacial score (nSPS) is 11.8. The first-order chi connectivity index (χ1) is 10.5. The van der Waals surface area contributed by atoms with E-state index >= 15 is 0 Å². The Bertz CT molecular complexity index is 676. The van der Waals surface area contributed by atoms with Gasteiger partial charge in [-0.25, -0.2) is 8.78 Å². The molecule has 2 aromatic rings. The maximum absolute atomic E-state index is 13.3. The fraction of sp³-hybridized carbons (Fsp3) is 0.188. The van der Waals surface area contributed by atoms with Crippen molar-refractivity contribution in [2.24, 2.45) is 0 Å². The average Bonchev–Trinajstić information content (AvgIpc) is 2.46.